The number of anilines is 2. The summed E-state index contributed by atoms with van der Waals surface area (Å²) in [6.07, 6.45) is 1.44. The second kappa shape index (κ2) is 6.44. The first-order chi connectivity index (χ1) is 10.4. The standard InChI is InChI=1S/C16H19N3O3/c1-16(2,10-17)15(21)19-12-7-5-11(6-8-12)18-14(20)13-4-3-9-22-13/h3-9H,10,17H2,1-2H3,(H,18,20)(H,19,21). The number of nitrogens with two attached hydrogens (primary N) is 1. The number of rotatable bonds is 5. The van der Waals surface area contributed by atoms with Crippen LogP contribution in [0.5, 0.6) is 0 Å². The molecule has 1 aromatic carbocycles. The highest BCUT2D eigenvalue weighted by atomic mass is 16.3. The van der Waals surface area contributed by atoms with Crippen LogP contribution in [-0.2, 0) is 4.79 Å². The smallest absolute Gasteiger partial charge is 0.291 e. The molecule has 0 bridgehead atoms. The quantitative estimate of drug-likeness (QED) is 0.790. The lowest BCUT2D eigenvalue weighted by atomic mass is 9.92. The molecule has 2 amide bonds. The maximum Gasteiger partial charge on any atom is 0.291 e. The van der Waals surface area contributed by atoms with Crippen molar-refractivity contribution in [3.05, 3.63) is 48.4 Å². The lowest BCUT2D eigenvalue weighted by Crippen LogP contribution is -2.37. The van der Waals surface area contributed by atoms with Gasteiger partial charge in [-0.2, -0.15) is 0 Å². The molecule has 1 aromatic heterocycles. The van der Waals surface area contributed by atoms with Crippen LogP contribution >= 0.6 is 0 Å². The van der Waals surface area contributed by atoms with E-state index in [2.05, 4.69) is 10.6 Å². The maximum atomic E-state index is 12.0. The minimum atomic E-state index is -0.633. The van der Waals surface area contributed by atoms with Crippen molar-refractivity contribution >= 4 is 23.2 Å². The van der Waals surface area contributed by atoms with E-state index in [4.69, 9.17) is 10.2 Å². The molecule has 0 spiro atoms. The van der Waals surface area contributed by atoms with Gasteiger partial charge < -0.3 is 20.8 Å². The Labute approximate surface area is 128 Å². The fourth-order valence-electron chi connectivity index (χ4n) is 1.63. The normalized spacial score (nSPS) is 11.0. The van der Waals surface area contributed by atoms with Gasteiger partial charge in [-0.25, -0.2) is 0 Å². The third-order valence-corrected chi connectivity index (χ3v) is 3.27. The monoisotopic (exact) mass is 301 g/mol. The molecule has 22 heavy (non-hydrogen) atoms. The van der Waals surface area contributed by atoms with E-state index in [0.29, 0.717) is 11.4 Å². The number of furan rings is 1. The first-order valence-corrected chi connectivity index (χ1v) is 6.89. The van der Waals surface area contributed by atoms with Crippen molar-refractivity contribution in [1.29, 1.82) is 0 Å². The average molecular weight is 301 g/mol. The number of carbonyl (C=O) groups excluding carboxylic acids is 2. The molecule has 0 aliphatic heterocycles. The van der Waals surface area contributed by atoms with Gasteiger partial charge in [-0.1, -0.05) is 0 Å². The van der Waals surface area contributed by atoms with Gasteiger partial charge in [-0.05, 0) is 50.2 Å². The van der Waals surface area contributed by atoms with Gasteiger partial charge in [0, 0.05) is 17.9 Å². The predicted octanol–water partition coefficient (Wildman–Crippen LogP) is 2.46. The summed E-state index contributed by atoms with van der Waals surface area (Å²) < 4.78 is 5.01. The van der Waals surface area contributed by atoms with Crippen LogP contribution in [0.2, 0.25) is 0 Å². The largest absolute Gasteiger partial charge is 0.459 e. The predicted molar refractivity (Wildman–Crippen MR) is 84.6 cm³/mol. The lowest BCUT2D eigenvalue weighted by Gasteiger charge is -2.21. The molecule has 0 aliphatic rings. The molecular weight excluding hydrogens is 282 g/mol. The van der Waals surface area contributed by atoms with Crippen molar-refractivity contribution in [2.75, 3.05) is 17.2 Å². The molecule has 0 unspecified atom stereocenters. The van der Waals surface area contributed by atoms with Crippen LogP contribution in [0, 0.1) is 5.41 Å². The van der Waals surface area contributed by atoms with E-state index in [9.17, 15) is 9.59 Å². The van der Waals surface area contributed by atoms with E-state index in [0.717, 1.165) is 0 Å². The second-order valence-corrected chi connectivity index (χ2v) is 5.55. The van der Waals surface area contributed by atoms with Crippen molar-refractivity contribution in [2.24, 2.45) is 11.1 Å². The molecule has 6 nitrogen and oxygen atoms in total. The average Bonchev–Trinajstić information content (AvgIpc) is 3.03. The van der Waals surface area contributed by atoms with Crippen LogP contribution < -0.4 is 16.4 Å². The van der Waals surface area contributed by atoms with Crippen LogP contribution in [0.3, 0.4) is 0 Å². The minimum Gasteiger partial charge on any atom is -0.459 e. The third-order valence-electron chi connectivity index (χ3n) is 3.27. The Hall–Kier alpha value is -2.60. The summed E-state index contributed by atoms with van der Waals surface area (Å²) in [5.74, 6) is -0.240. The van der Waals surface area contributed by atoms with Gasteiger partial charge in [0.1, 0.15) is 0 Å². The molecule has 0 aliphatic carbocycles. The van der Waals surface area contributed by atoms with Gasteiger partial charge >= 0.3 is 0 Å². The third kappa shape index (κ3) is 3.73. The number of hydrogen-bond acceptors (Lipinski definition) is 4. The summed E-state index contributed by atoms with van der Waals surface area (Å²) in [4.78, 5) is 23.8. The summed E-state index contributed by atoms with van der Waals surface area (Å²) in [5, 5.41) is 5.49. The highest BCUT2D eigenvalue weighted by Crippen LogP contribution is 2.19. The van der Waals surface area contributed by atoms with Crippen LogP contribution in [0.15, 0.2) is 47.1 Å². The van der Waals surface area contributed by atoms with Gasteiger partial charge in [0.2, 0.25) is 5.91 Å². The van der Waals surface area contributed by atoms with Crippen molar-refractivity contribution in [3.8, 4) is 0 Å². The van der Waals surface area contributed by atoms with Crippen LogP contribution in [0.25, 0.3) is 0 Å². The number of benzene rings is 1. The maximum absolute atomic E-state index is 12.0. The molecule has 2 aromatic rings. The number of carbonyl (C=O) groups is 2. The van der Waals surface area contributed by atoms with E-state index in [1.54, 1.807) is 50.2 Å². The van der Waals surface area contributed by atoms with Crippen LogP contribution in [-0.4, -0.2) is 18.4 Å². The summed E-state index contributed by atoms with van der Waals surface area (Å²) >= 11 is 0. The fourth-order valence-corrected chi connectivity index (χ4v) is 1.63. The molecule has 0 saturated heterocycles. The minimum absolute atomic E-state index is 0.151. The zero-order valence-electron chi connectivity index (χ0n) is 12.6. The Balaban J connectivity index is 1.99. The Morgan fingerprint density at radius 1 is 1.09 bits per heavy atom. The molecule has 0 radical (unpaired) electrons. The lowest BCUT2D eigenvalue weighted by molar-refractivity contribution is -0.123. The Kier molecular flexibility index (Phi) is 4.62. The molecule has 116 valence electrons. The van der Waals surface area contributed by atoms with Gasteiger partial charge in [-0.15, -0.1) is 0 Å². The summed E-state index contributed by atoms with van der Waals surface area (Å²) in [6.45, 7) is 3.82. The van der Waals surface area contributed by atoms with E-state index in [-0.39, 0.29) is 24.1 Å². The van der Waals surface area contributed by atoms with E-state index >= 15 is 0 Å². The number of hydrogen-bond donors (Lipinski definition) is 3. The molecule has 0 fully saturated rings. The van der Waals surface area contributed by atoms with Crippen molar-refractivity contribution in [1.82, 2.24) is 0 Å². The second-order valence-electron chi connectivity index (χ2n) is 5.55. The molecular formula is C16H19N3O3. The Bertz CT molecular complexity index is 646. The summed E-state index contributed by atoms with van der Waals surface area (Å²) in [6, 6.07) is 10.0. The van der Waals surface area contributed by atoms with Crippen LogP contribution in [0.1, 0.15) is 24.4 Å². The molecule has 1 heterocycles. The van der Waals surface area contributed by atoms with Crippen molar-refractivity contribution in [3.63, 3.8) is 0 Å². The van der Waals surface area contributed by atoms with Gasteiger partial charge in [0.05, 0.1) is 11.7 Å². The van der Waals surface area contributed by atoms with Gasteiger partial charge in [-0.3, -0.25) is 9.59 Å². The van der Waals surface area contributed by atoms with Gasteiger partial charge in [0.25, 0.3) is 5.91 Å². The first-order valence-electron chi connectivity index (χ1n) is 6.89. The summed E-state index contributed by atoms with van der Waals surface area (Å²) in [5.41, 5.74) is 6.19. The van der Waals surface area contributed by atoms with Crippen molar-refractivity contribution in [2.45, 2.75) is 13.8 Å². The van der Waals surface area contributed by atoms with Crippen LogP contribution in [0.4, 0.5) is 11.4 Å². The fraction of sp³-hybridized carbons (Fsp3) is 0.250. The molecule has 0 saturated carbocycles. The molecule has 0 atom stereocenters. The van der Waals surface area contributed by atoms with Gasteiger partial charge in [0.15, 0.2) is 5.76 Å². The highest BCUT2D eigenvalue weighted by molar-refractivity contribution is 6.02. The Morgan fingerprint density at radius 2 is 1.68 bits per heavy atom. The number of amides is 2. The SMILES string of the molecule is CC(C)(CN)C(=O)Nc1ccc(NC(=O)c2ccco2)cc1. The van der Waals surface area contributed by atoms with E-state index < -0.39 is 5.41 Å². The van der Waals surface area contributed by atoms with E-state index in [1.807, 2.05) is 0 Å². The van der Waals surface area contributed by atoms with E-state index in [1.165, 1.54) is 6.26 Å². The zero-order chi connectivity index (χ0) is 16.2. The molecule has 4 N–H and O–H groups in total. The van der Waals surface area contributed by atoms with Crippen molar-refractivity contribution < 1.29 is 14.0 Å². The molecule has 2 rings (SSSR count). The zero-order valence-corrected chi connectivity index (χ0v) is 12.6. The number of nitrogens with one attached hydrogen (secondary N) is 2. The topological polar surface area (TPSA) is 97.4 Å². The Morgan fingerprint density at radius 3 is 2.18 bits per heavy atom. The molecule has 6 heteroatoms. The first kappa shape index (κ1) is 15.8. The highest BCUT2D eigenvalue weighted by Gasteiger charge is 2.25. The summed E-state index contributed by atoms with van der Waals surface area (Å²) in [7, 11) is 0.